The van der Waals surface area contributed by atoms with E-state index in [9.17, 15) is 4.79 Å². The maximum atomic E-state index is 12.3. The highest BCUT2D eigenvalue weighted by Gasteiger charge is 2.37. The molecule has 0 radical (unpaired) electrons. The Morgan fingerprint density at radius 3 is 3.06 bits per heavy atom. The van der Waals surface area contributed by atoms with Crippen molar-refractivity contribution in [2.24, 2.45) is 5.92 Å². The van der Waals surface area contributed by atoms with Gasteiger partial charge in [-0.05, 0) is 37.9 Å². The zero-order chi connectivity index (χ0) is 11.8. The van der Waals surface area contributed by atoms with Crippen molar-refractivity contribution in [2.75, 3.05) is 19.6 Å². The fraction of sp³-hybridized carbons (Fsp3) is 0.500. The topological polar surface area (TPSA) is 32.3 Å². The molecular weight excluding hydrogens is 212 g/mol. The fourth-order valence-corrected chi connectivity index (χ4v) is 2.98. The van der Waals surface area contributed by atoms with E-state index in [1.807, 2.05) is 36.1 Å². The molecule has 2 atom stereocenters. The maximum absolute atomic E-state index is 12.3. The molecule has 3 nitrogen and oxygen atoms in total. The summed E-state index contributed by atoms with van der Waals surface area (Å²) in [5.41, 5.74) is 1.97. The van der Waals surface area contributed by atoms with Crippen LogP contribution in [-0.4, -0.2) is 36.5 Å². The number of aryl methyl sites for hydroxylation is 1. The van der Waals surface area contributed by atoms with Gasteiger partial charge in [0.25, 0.3) is 5.91 Å². The first-order chi connectivity index (χ1) is 8.24. The number of nitrogens with one attached hydrogen (secondary N) is 1. The number of nitrogens with zero attached hydrogens (tertiary/aromatic N) is 1. The van der Waals surface area contributed by atoms with Crippen LogP contribution in [0.5, 0.6) is 0 Å². The molecule has 2 aliphatic rings. The number of rotatable bonds is 1. The van der Waals surface area contributed by atoms with Gasteiger partial charge >= 0.3 is 0 Å². The fourth-order valence-electron chi connectivity index (χ4n) is 2.98. The Bertz CT molecular complexity index is 432. The zero-order valence-electron chi connectivity index (χ0n) is 10.1. The standard InChI is InChI=1S/C14H18N2O/c1-10-3-2-4-11(7-10)14(17)16-8-12-5-6-15-13(12)9-16/h2-4,7,12-13,15H,5-6,8-9H2,1H3/t12-,13+/m0/s1. The SMILES string of the molecule is Cc1cccc(C(=O)N2C[C@@H]3CCN[C@@H]3C2)c1. The van der Waals surface area contributed by atoms with Crippen LogP contribution in [0.2, 0.25) is 0 Å². The van der Waals surface area contributed by atoms with Crippen LogP contribution in [0.4, 0.5) is 0 Å². The van der Waals surface area contributed by atoms with Gasteiger partial charge in [0.1, 0.15) is 0 Å². The molecule has 0 saturated carbocycles. The lowest BCUT2D eigenvalue weighted by atomic mass is 10.1. The maximum Gasteiger partial charge on any atom is 0.253 e. The average molecular weight is 230 g/mol. The molecule has 2 fully saturated rings. The number of carbonyl (C=O) groups is 1. The quantitative estimate of drug-likeness (QED) is 0.791. The summed E-state index contributed by atoms with van der Waals surface area (Å²) in [5, 5.41) is 3.47. The number of amides is 1. The van der Waals surface area contributed by atoms with Crippen LogP contribution in [-0.2, 0) is 0 Å². The molecule has 2 aliphatic heterocycles. The highest BCUT2D eigenvalue weighted by Crippen LogP contribution is 2.25. The first-order valence-electron chi connectivity index (χ1n) is 6.33. The van der Waals surface area contributed by atoms with E-state index in [4.69, 9.17) is 0 Å². The van der Waals surface area contributed by atoms with E-state index in [1.165, 1.54) is 6.42 Å². The second-order valence-corrected chi connectivity index (χ2v) is 5.19. The van der Waals surface area contributed by atoms with Gasteiger partial charge in [0.05, 0.1) is 0 Å². The van der Waals surface area contributed by atoms with Crippen molar-refractivity contribution < 1.29 is 4.79 Å². The van der Waals surface area contributed by atoms with Crippen molar-refractivity contribution in [1.82, 2.24) is 10.2 Å². The van der Waals surface area contributed by atoms with Crippen molar-refractivity contribution in [3.05, 3.63) is 35.4 Å². The van der Waals surface area contributed by atoms with Gasteiger partial charge in [-0.15, -0.1) is 0 Å². The largest absolute Gasteiger partial charge is 0.337 e. The minimum Gasteiger partial charge on any atom is -0.337 e. The van der Waals surface area contributed by atoms with Crippen molar-refractivity contribution in [3.8, 4) is 0 Å². The Labute approximate surface area is 102 Å². The summed E-state index contributed by atoms with van der Waals surface area (Å²) in [4.78, 5) is 14.3. The molecule has 1 aromatic carbocycles. The first-order valence-corrected chi connectivity index (χ1v) is 6.33. The van der Waals surface area contributed by atoms with Gasteiger partial charge in [0, 0.05) is 24.7 Å². The molecule has 1 N–H and O–H groups in total. The predicted octanol–water partition coefficient (Wildman–Crippen LogP) is 1.43. The minimum atomic E-state index is 0.185. The molecule has 3 rings (SSSR count). The lowest BCUT2D eigenvalue weighted by molar-refractivity contribution is 0.0782. The molecular formula is C14H18N2O. The Morgan fingerprint density at radius 1 is 1.41 bits per heavy atom. The van der Waals surface area contributed by atoms with E-state index in [-0.39, 0.29) is 5.91 Å². The first kappa shape index (κ1) is 10.8. The lowest BCUT2D eigenvalue weighted by Crippen LogP contribution is -2.33. The number of hydrogen-bond donors (Lipinski definition) is 1. The Balaban J connectivity index is 1.75. The molecule has 0 aromatic heterocycles. The third-order valence-corrected chi connectivity index (χ3v) is 3.91. The van der Waals surface area contributed by atoms with Crippen molar-refractivity contribution >= 4 is 5.91 Å². The monoisotopic (exact) mass is 230 g/mol. The second-order valence-electron chi connectivity index (χ2n) is 5.19. The summed E-state index contributed by atoms with van der Waals surface area (Å²) in [7, 11) is 0. The predicted molar refractivity (Wildman–Crippen MR) is 67.0 cm³/mol. The van der Waals surface area contributed by atoms with Gasteiger partial charge in [0.15, 0.2) is 0 Å². The van der Waals surface area contributed by atoms with Crippen LogP contribution < -0.4 is 5.32 Å². The second kappa shape index (κ2) is 4.15. The molecule has 3 heteroatoms. The van der Waals surface area contributed by atoms with Gasteiger partial charge in [-0.3, -0.25) is 4.79 Å². The Hall–Kier alpha value is -1.35. The number of fused-ring (bicyclic) bond motifs is 1. The van der Waals surface area contributed by atoms with Crippen LogP contribution in [0.3, 0.4) is 0 Å². The molecule has 0 spiro atoms. The van der Waals surface area contributed by atoms with Crippen LogP contribution in [0.1, 0.15) is 22.3 Å². The average Bonchev–Trinajstić information content (AvgIpc) is 2.88. The highest BCUT2D eigenvalue weighted by atomic mass is 16.2. The smallest absolute Gasteiger partial charge is 0.253 e. The van der Waals surface area contributed by atoms with E-state index in [2.05, 4.69) is 5.32 Å². The zero-order valence-corrected chi connectivity index (χ0v) is 10.1. The summed E-state index contributed by atoms with van der Waals surface area (Å²) in [6.45, 7) is 4.93. The van der Waals surface area contributed by atoms with Gasteiger partial charge in [0.2, 0.25) is 0 Å². The van der Waals surface area contributed by atoms with Crippen LogP contribution >= 0.6 is 0 Å². The summed E-state index contributed by atoms with van der Waals surface area (Å²) in [6, 6.07) is 8.40. The summed E-state index contributed by atoms with van der Waals surface area (Å²) >= 11 is 0. The Kier molecular flexibility index (Phi) is 2.63. The highest BCUT2D eigenvalue weighted by molar-refractivity contribution is 5.94. The minimum absolute atomic E-state index is 0.185. The van der Waals surface area contributed by atoms with E-state index in [0.29, 0.717) is 12.0 Å². The third kappa shape index (κ3) is 1.95. The number of carbonyl (C=O) groups excluding carboxylic acids is 1. The summed E-state index contributed by atoms with van der Waals surface area (Å²) in [5.74, 6) is 0.855. The van der Waals surface area contributed by atoms with Crippen LogP contribution in [0.25, 0.3) is 0 Å². The van der Waals surface area contributed by atoms with Crippen molar-refractivity contribution in [1.29, 1.82) is 0 Å². The van der Waals surface area contributed by atoms with Gasteiger partial charge in [-0.1, -0.05) is 17.7 Å². The molecule has 2 heterocycles. The van der Waals surface area contributed by atoms with Crippen molar-refractivity contribution in [3.63, 3.8) is 0 Å². The summed E-state index contributed by atoms with van der Waals surface area (Å²) < 4.78 is 0. The molecule has 0 bridgehead atoms. The molecule has 0 aliphatic carbocycles. The van der Waals surface area contributed by atoms with Crippen molar-refractivity contribution in [2.45, 2.75) is 19.4 Å². The number of likely N-dealkylation sites (tertiary alicyclic amines) is 1. The lowest BCUT2D eigenvalue weighted by Gasteiger charge is -2.17. The molecule has 1 amide bonds. The van der Waals surface area contributed by atoms with Gasteiger partial charge in [-0.25, -0.2) is 0 Å². The van der Waals surface area contributed by atoms with Gasteiger partial charge in [-0.2, -0.15) is 0 Å². The number of benzene rings is 1. The Morgan fingerprint density at radius 2 is 2.29 bits per heavy atom. The third-order valence-electron chi connectivity index (χ3n) is 3.91. The number of hydrogen-bond acceptors (Lipinski definition) is 2. The van der Waals surface area contributed by atoms with E-state index in [0.717, 1.165) is 30.8 Å². The molecule has 17 heavy (non-hydrogen) atoms. The molecule has 2 saturated heterocycles. The molecule has 90 valence electrons. The normalized spacial score (nSPS) is 27.2. The van der Waals surface area contributed by atoms with Crippen LogP contribution in [0.15, 0.2) is 24.3 Å². The van der Waals surface area contributed by atoms with E-state index < -0.39 is 0 Å². The molecule has 0 unspecified atom stereocenters. The van der Waals surface area contributed by atoms with E-state index in [1.54, 1.807) is 0 Å². The van der Waals surface area contributed by atoms with E-state index >= 15 is 0 Å². The molecule has 1 aromatic rings. The summed E-state index contributed by atoms with van der Waals surface area (Å²) in [6.07, 6.45) is 1.21. The van der Waals surface area contributed by atoms with Gasteiger partial charge < -0.3 is 10.2 Å². The van der Waals surface area contributed by atoms with Crippen LogP contribution in [0, 0.1) is 12.8 Å².